The fourth-order valence-electron chi connectivity index (χ4n) is 2.10. The predicted octanol–water partition coefficient (Wildman–Crippen LogP) is 2.28. The molecule has 0 atom stereocenters. The molecule has 6 nitrogen and oxygen atoms in total. The maximum Gasteiger partial charge on any atom is 0.311 e. The number of nitro groups is 1. The summed E-state index contributed by atoms with van der Waals surface area (Å²) >= 11 is 0. The van der Waals surface area contributed by atoms with Crippen molar-refractivity contribution in [1.82, 2.24) is 4.98 Å². The quantitative estimate of drug-likeness (QED) is 0.641. The van der Waals surface area contributed by atoms with Crippen molar-refractivity contribution in [3.05, 3.63) is 27.9 Å². The molecule has 18 heavy (non-hydrogen) atoms. The van der Waals surface area contributed by atoms with E-state index in [0.29, 0.717) is 12.4 Å². The Bertz CT molecular complexity index is 452. The van der Waals surface area contributed by atoms with Gasteiger partial charge in [-0.3, -0.25) is 10.1 Å². The second-order valence-electron chi connectivity index (χ2n) is 4.67. The van der Waals surface area contributed by atoms with Gasteiger partial charge in [-0.15, -0.1) is 0 Å². The second kappa shape index (κ2) is 4.89. The lowest BCUT2D eigenvalue weighted by molar-refractivity contribution is -0.384. The van der Waals surface area contributed by atoms with Crippen LogP contribution in [0, 0.1) is 17.0 Å². The summed E-state index contributed by atoms with van der Waals surface area (Å²) in [4.78, 5) is 14.7. The van der Waals surface area contributed by atoms with E-state index in [1.807, 2.05) is 6.92 Å². The molecule has 98 valence electrons. The number of pyridine rings is 1. The van der Waals surface area contributed by atoms with E-state index in [1.54, 1.807) is 13.2 Å². The molecule has 0 saturated heterocycles. The fourth-order valence-corrected chi connectivity index (χ4v) is 2.10. The van der Waals surface area contributed by atoms with E-state index >= 15 is 0 Å². The van der Waals surface area contributed by atoms with Crippen LogP contribution in [-0.4, -0.2) is 29.2 Å². The van der Waals surface area contributed by atoms with Gasteiger partial charge in [-0.05, 0) is 32.3 Å². The molecule has 1 aromatic heterocycles. The summed E-state index contributed by atoms with van der Waals surface area (Å²) in [5.41, 5.74) is 0.577. The van der Waals surface area contributed by atoms with Crippen LogP contribution in [0.3, 0.4) is 0 Å². The molecule has 2 rings (SSSR count). The normalized spacial score (nSPS) is 17.0. The van der Waals surface area contributed by atoms with Gasteiger partial charge in [-0.2, -0.15) is 0 Å². The van der Waals surface area contributed by atoms with Gasteiger partial charge in [0.15, 0.2) is 0 Å². The summed E-state index contributed by atoms with van der Waals surface area (Å²) in [7, 11) is 1.68. The largest absolute Gasteiger partial charge is 0.376 e. The van der Waals surface area contributed by atoms with Gasteiger partial charge in [0.2, 0.25) is 5.82 Å². The number of nitrogens with zero attached hydrogens (tertiary/aromatic N) is 2. The van der Waals surface area contributed by atoms with Crippen LogP contribution in [0.15, 0.2) is 12.1 Å². The van der Waals surface area contributed by atoms with Crippen LogP contribution in [0.25, 0.3) is 0 Å². The van der Waals surface area contributed by atoms with Crippen LogP contribution in [0.2, 0.25) is 0 Å². The smallest absolute Gasteiger partial charge is 0.311 e. The van der Waals surface area contributed by atoms with Crippen molar-refractivity contribution in [3.63, 3.8) is 0 Å². The van der Waals surface area contributed by atoms with Crippen LogP contribution in [0.5, 0.6) is 0 Å². The highest BCUT2D eigenvalue weighted by Gasteiger charge is 2.37. The Morgan fingerprint density at radius 3 is 2.78 bits per heavy atom. The molecular formula is C12H17N3O3. The lowest BCUT2D eigenvalue weighted by Gasteiger charge is -2.40. The van der Waals surface area contributed by atoms with E-state index in [2.05, 4.69) is 10.3 Å². The van der Waals surface area contributed by atoms with Crippen molar-refractivity contribution in [3.8, 4) is 0 Å². The van der Waals surface area contributed by atoms with E-state index < -0.39 is 4.92 Å². The molecule has 0 aliphatic heterocycles. The van der Waals surface area contributed by atoms with Crippen molar-refractivity contribution in [2.24, 2.45) is 0 Å². The number of aryl methyl sites for hydroxylation is 1. The lowest BCUT2D eigenvalue weighted by Crippen LogP contribution is -2.45. The third kappa shape index (κ3) is 2.43. The van der Waals surface area contributed by atoms with Gasteiger partial charge in [-0.25, -0.2) is 4.98 Å². The van der Waals surface area contributed by atoms with E-state index in [-0.39, 0.29) is 11.3 Å². The highest BCUT2D eigenvalue weighted by Crippen LogP contribution is 2.35. The Morgan fingerprint density at radius 1 is 1.56 bits per heavy atom. The fraction of sp³-hybridized carbons (Fsp3) is 0.583. The van der Waals surface area contributed by atoms with E-state index in [4.69, 9.17) is 4.74 Å². The van der Waals surface area contributed by atoms with Gasteiger partial charge >= 0.3 is 5.69 Å². The zero-order valence-corrected chi connectivity index (χ0v) is 10.6. The minimum Gasteiger partial charge on any atom is -0.376 e. The maximum atomic E-state index is 10.9. The Morgan fingerprint density at radius 2 is 2.28 bits per heavy atom. The highest BCUT2D eigenvalue weighted by molar-refractivity contribution is 5.56. The summed E-state index contributed by atoms with van der Waals surface area (Å²) in [6.45, 7) is 2.37. The van der Waals surface area contributed by atoms with Gasteiger partial charge in [-0.1, -0.05) is 0 Å². The molecule has 1 heterocycles. The van der Waals surface area contributed by atoms with Crippen LogP contribution in [0.1, 0.15) is 25.0 Å². The molecule has 0 aromatic carbocycles. The zero-order valence-electron chi connectivity index (χ0n) is 10.6. The third-order valence-corrected chi connectivity index (χ3v) is 3.49. The van der Waals surface area contributed by atoms with Gasteiger partial charge in [0.1, 0.15) is 0 Å². The average molecular weight is 251 g/mol. The molecule has 6 heteroatoms. The number of anilines is 1. The van der Waals surface area contributed by atoms with Crippen molar-refractivity contribution >= 4 is 11.5 Å². The number of nitrogens with one attached hydrogen (secondary N) is 1. The molecule has 1 aromatic rings. The van der Waals surface area contributed by atoms with Crippen LogP contribution < -0.4 is 5.32 Å². The minimum atomic E-state index is -0.422. The zero-order chi connectivity index (χ0) is 13.2. The molecule has 1 N–H and O–H groups in total. The number of hydrogen-bond donors (Lipinski definition) is 1. The topological polar surface area (TPSA) is 77.3 Å². The maximum absolute atomic E-state index is 10.9. The van der Waals surface area contributed by atoms with Gasteiger partial charge in [0, 0.05) is 25.4 Å². The summed E-state index contributed by atoms with van der Waals surface area (Å²) < 4.78 is 5.47. The Kier molecular flexibility index (Phi) is 3.47. The summed E-state index contributed by atoms with van der Waals surface area (Å²) in [6, 6.07) is 3.11. The van der Waals surface area contributed by atoms with Crippen LogP contribution in [-0.2, 0) is 4.74 Å². The van der Waals surface area contributed by atoms with E-state index in [0.717, 1.165) is 25.0 Å². The molecule has 1 aliphatic rings. The average Bonchev–Trinajstić information content (AvgIpc) is 2.28. The molecule has 0 bridgehead atoms. The Balaban J connectivity index is 2.12. The van der Waals surface area contributed by atoms with Crippen LogP contribution >= 0.6 is 0 Å². The van der Waals surface area contributed by atoms with E-state index in [9.17, 15) is 10.1 Å². The monoisotopic (exact) mass is 251 g/mol. The first-order valence-electron chi connectivity index (χ1n) is 5.97. The number of hydrogen-bond acceptors (Lipinski definition) is 5. The minimum absolute atomic E-state index is 0.00572. The number of rotatable bonds is 5. The molecular weight excluding hydrogens is 234 g/mol. The first-order chi connectivity index (χ1) is 8.56. The van der Waals surface area contributed by atoms with Crippen molar-refractivity contribution < 1.29 is 9.66 Å². The van der Waals surface area contributed by atoms with Crippen molar-refractivity contribution in [1.29, 1.82) is 0 Å². The molecule has 0 unspecified atom stereocenters. The number of methoxy groups -OCH3 is 1. The van der Waals surface area contributed by atoms with Gasteiger partial charge in [0.05, 0.1) is 10.5 Å². The Hall–Kier alpha value is -1.69. The molecule has 0 amide bonds. The molecule has 1 fully saturated rings. The van der Waals surface area contributed by atoms with Gasteiger partial charge in [0.25, 0.3) is 0 Å². The summed E-state index contributed by atoms with van der Waals surface area (Å²) in [6.07, 6.45) is 3.10. The SMILES string of the molecule is COC1(CNc2nc(C)ccc2[N+](=O)[O-])CCC1. The second-order valence-corrected chi connectivity index (χ2v) is 4.67. The summed E-state index contributed by atoms with van der Waals surface area (Å²) in [5, 5.41) is 14.0. The molecule has 1 aliphatic carbocycles. The Labute approximate surface area is 106 Å². The number of ether oxygens (including phenoxy) is 1. The molecule has 0 radical (unpaired) electrons. The standard InChI is InChI=1S/C12H17N3O3/c1-9-4-5-10(15(16)17)11(14-9)13-8-12(18-2)6-3-7-12/h4-5H,3,6-8H2,1-2H3,(H,13,14). The van der Waals surface area contributed by atoms with E-state index in [1.165, 1.54) is 6.07 Å². The van der Waals surface area contributed by atoms with Gasteiger partial charge < -0.3 is 10.1 Å². The summed E-state index contributed by atoms with van der Waals surface area (Å²) in [5.74, 6) is 0.323. The number of aromatic nitrogens is 1. The first-order valence-corrected chi connectivity index (χ1v) is 5.97. The third-order valence-electron chi connectivity index (χ3n) is 3.49. The molecule has 0 spiro atoms. The van der Waals surface area contributed by atoms with Crippen molar-refractivity contribution in [2.45, 2.75) is 31.8 Å². The highest BCUT2D eigenvalue weighted by atomic mass is 16.6. The molecule has 1 saturated carbocycles. The predicted molar refractivity (Wildman–Crippen MR) is 67.7 cm³/mol. The van der Waals surface area contributed by atoms with Crippen molar-refractivity contribution in [2.75, 3.05) is 19.0 Å². The first kappa shape index (κ1) is 12.8. The van der Waals surface area contributed by atoms with Crippen LogP contribution in [0.4, 0.5) is 11.5 Å². The lowest BCUT2D eigenvalue weighted by atomic mass is 9.80.